The lowest BCUT2D eigenvalue weighted by atomic mass is 9.87. The number of benzene rings is 1. The van der Waals surface area contributed by atoms with E-state index in [0.717, 1.165) is 46.0 Å². The Hall–Kier alpha value is -3.54. The molecule has 3 heterocycles. The summed E-state index contributed by atoms with van der Waals surface area (Å²) in [6.45, 7) is 7.24. The molecular formula is C25H27N5O. The van der Waals surface area contributed by atoms with Crippen LogP contribution in [-0.2, 0) is 0 Å². The lowest BCUT2D eigenvalue weighted by Gasteiger charge is -2.22. The highest BCUT2D eigenvalue weighted by Crippen LogP contribution is 2.33. The molecule has 0 aliphatic heterocycles. The number of rotatable bonds is 7. The molecule has 0 bridgehead atoms. The van der Waals surface area contributed by atoms with Crippen LogP contribution in [0.2, 0.25) is 0 Å². The van der Waals surface area contributed by atoms with Crippen molar-refractivity contribution in [3.63, 3.8) is 0 Å². The molecule has 4 rings (SSSR count). The summed E-state index contributed by atoms with van der Waals surface area (Å²) < 4.78 is 5.51. The van der Waals surface area contributed by atoms with Crippen molar-refractivity contribution in [2.24, 2.45) is 5.92 Å². The van der Waals surface area contributed by atoms with Gasteiger partial charge in [0.2, 0.25) is 0 Å². The van der Waals surface area contributed by atoms with Gasteiger partial charge in [0.05, 0.1) is 18.3 Å². The maximum Gasteiger partial charge on any atom is 0.129 e. The van der Waals surface area contributed by atoms with E-state index in [1.807, 2.05) is 43.6 Å². The van der Waals surface area contributed by atoms with Crippen LogP contribution >= 0.6 is 0 Å². The number of nitrogens with one attached hydrogen (secondary N) is 1. The number of hydrogen-bond acceptors (Lipinski definition) is 6. The molecule has 0 aliphatic carbocycles. The predicted octanol–water partition coefficient (Wildman–Crippen LogP) is 5.26. The van der Waals surface area contributed by atoms with E-state index in [0.29, 0.717) is 11.8 Å². The van der Waals surface area contributed by atoms with Gasteiger partial charge >= 0.3 is 0 Å². The summed E-state index contributed by atoms with van der Waals surface area (Å²) in [5, 5.41) is 4.51. The van der Waals surface area contributed by atoms with Gasteiger partial charge in [0.15, 0.2) is 0 Å². The number of para-hydroxylation sites is 1. The van der Waals surface area contributed by atoms with Crippen molar-refractivity contribution < 1.29 is 4.74 Å². The monoisotopic (exact) mass is 413 g/mol. The lowest BCUT2D eigenvalue weighted by Crippen LogP contribution is -2.18. The zero-order chi connectivity index (χ0) is 21.8. The molecule has 2 unspecified atom stereocenters. The fraction of sp³-hybridized carbons (Fsp3) is 0.280. The van der Waals surface area contributed by atoms with Crippen molar-refractivity contribution in [3.8, 4) is 17.0 Å². The minimum Gasteiger partial charge on any atom is -0.496 e. The summed E-state index contributed by atoms with van der Waals surface area (Å²) in [6, 6.07) is 14.2. The highest BCUT2D eigenvalue weighted by molar-refractivity contribution is 5.87. The fourth-order valence-electron chi connectivity index (χ4n) is 3.70. The van der Waals surface area contributed by atoms with Crippen LogP contribution in [0.25, 0.3) is 22.2 Å². The van der Waals surface area contributed by atoms with Crippen molar-refractivity contribution in [3.05, 3.63) is 72.4 Å². The van der Waals surface area contributed by atoms with E-state index >= 15 is 0 Å². The first-order valence-electron chi connectivity index (χ1n) is 10.5. The molecule has 3 aromatic heterocycles. The third-order valence-corrected chi connectivity index (χ3v) is 5.81. The predicted molar refractivity (Wildman–Crippen MR) is 124 cm³/mol. The van der Waals surface area contributed by atoms with Crippen LogP contribution in [0.1, 0.15) is 31.0 Å². The summed E-state index contributed by atoms with van der Waals surface area (Å²) >= 11 is 0. The smallest absolute Gasteiger partial charge is 0.129 e. The third-order valence-electron chi connectivity index (χ3n) is 5.81. The van der Waals surface area contributed by atoms with E-state index in [9.17, 15) is 0 Å². The van der Waals surface area contributed by atoms with Gasteiger partial charge in [-0.15, -0.1) is 0 Å². The number of aromatic nitrogens is 4. The Bertz CT molecular complexity index is 1180. The molecule has 2 atom stereocenters. The fourth-order valence-corrected chi connectivity index (χ4v) is 3.70. The minimum atomic E-state index is 0.304. The van der Waals surface area contributed by atoms with E-state index in [4.69, 9.17) is 4.74 Å². The van der Waals surface area contributed by atoms with Crippen molar-refractivity contribution in [1.82, 2.24) is 19.9 Å². The second kappa shape index (κ2) is 9.08. The standard InChI is InChI=1S/C25H27N5O/c1-16(18(3)20-6-5-7-21-23(31-4)10-11-26-25(20)21)13-28-24-12-22(29-15-30-24)19-9-8-17(2)27-14-19/h5-12,14-16,18H,13H2,1-4H3,(H,28,29,30). The van der Waals surface area contributed by atoms with E-state index < -0.39 is 0 Å². The van der Waals surface area contributed by atoms with Crippen LogP contribution in [0.15, 0.2) is 61.2 Å². The van der Waals surface area contributed by atoms with Gasteiger partial charge in [-0.3, -0.25) is 9.97 Å². The zero-order valence-corrected chi connectivity index (χ0v) is 18.3. The first-order valence-corrected chi connectivity index (χ1v) is 10.5. The number of ether oxygens (including phenoxy) is 1. The molecule has 0 radical (unpaired) electrons. The maximum absolute atomic E-state index is 5.51. The van der Waals surface area contributed by atoms with E-state index in [2.05, 4.69) is 57.3 Å². The zero-order valence-electron chi connectivity index (χ0n) is 18.3. The van der Waals surface area contributed by atoms with Crippen LogP contribution in [0.4, 0.5) is 5.82 Å². The number of pyridine rings is 2. The molecule has 0 spiro atoms. The molecule has 31 heavy (non-hydrogen) atoms. The molecule has 1 N–H and O–H groups in total. The molecule has 158 valence electrons. The Morgan fingerprint density at radius 3 is 2.65 bits per heavy atom. The van der Waals surface area contributed by atoms with Gasteiger partial charge in [0.25, 0.3) is 0 Å². The number of fused-ring (bicyclic) bond motifs is 1. The van der Waals surface area contributed by atoms with Crippen molar-refractivity contribution in [1.29, 1.82) is 0 Å². The van der Waals surface area contributed by atoms with Gasteiger partial charge in [0.1, 0.15) is 17.9 Å². The topological polar surface area (TPSA) is 72.8 Å². The van der Waals surface area contributed by atoms with Gasteiger partial charge in [-0.2, -0.15) is 0 Å². The quantitative estimate of drug-likeness (QED) is 0.446. The second-order valence-corrected chi connectivity index (χ2v) is 7.88. The normalized spacial score (nSPS) is 13.0. The van der Waals surface area contributed by atoms with Gasteiger partial charge in [-0.1, -0.05) is 26.0 Å². The largest absolute Gasteiger partial charge is 0.496 e. The molecule has 0 saturated carbocycles. The number of nitrogens with zero attached hydrogens (tertiary/aromatic N) is 4. The van der Waals surface area contributed by atoms with Crippen LogP contribution < -0.4 is 10.1 Å². The van der Waals surface area contributed by atoms with Gasteiger partial charge < -0.3 is 10.1 Å². The van der Waals surface area contributed by atoms with Crippen molar-refractivity contribution in [2.45, 2.75) is 26.7 Å². The van der Waals surface area contributed by atoms with E-state index in [1.165, 1.54) is 5.56 Å². The number of anilines is 1. The first-order chi connectivity index (χ1) is 15.1. The highest BCUT2D eigenvalue weighted by atomic mass is 16.5. The first kappa shape index (κ1) is 20.7. The summed E-state index contributed by atoms with van der Waals surface area (Å²) in [5.74, 6) is 2.32. The Balaban J connectivity index is 1.49. The molecular weight excluding hydrogens is 386 g/mol. The van der Waals surface area contributed by atoms with E-state index in [-0.39, 0.29) is 0 Å². The van der Waals surface area contributed by atoms with Crippen LogP contribution in [-0.4, -0.2) is 33.6 Å². The van der Waals surface area contributed by atoms with Gasteiger partial charge in [0, 0.05) is 41.6 Å². The van der Waals surface area contributed by atoms with Gasteiger partial charge in [-0.25, -0.2) is 9.97 Å². The molecule has 0 fully saturated rings. The summed E-state index contributed by atoms with van der Waals surface area (Å²) in [7, 11) is 1.69. The van der Waals surface area contributed by atoms with Crippen LogP contribution in [0, 0.1) is 12.8 Å². The average Bonchev–Trinajstić information content (AvgIpc) is 2.82. The summed E-state index contributed by atoms with van der Waals surface area (Å²) in [6.07, 6.45) is 5.24. The second-order valence-electron chi connectivity index (χ2n) is 7.88. The third kappa shape index (κ3) is 4.48. The minimum absolute atomic E-state index is 0.304. The number of methoxy groups -OCH3 is 1. The Kier molecular flexibility index (Phi) is 6.07. The Labute approximate surface area is 182 Å². The van der Waals surface area contributed by atoms with Gasteiger partial charge in [-0.05, 0) is 48.6 Å². The Morgan fingerprint density at radius 1 is 1.00 bits per heavy atom. The summed E-state index contributed by atoms with van der Waals surface area (Å²) in [5.41, 5.74) is 5.04. The lowest BCUT2D eigenvalue weighted by molar-refractivity contribution is 0.419. The summed E-state index contributed by atoms with van der Waals surface area (Å²) in [4.78, 5) is 17.8. The Morgan fingerprint density at radius 2 is 1.87 bits per heavy atom. The molecule has 0 amide bonds. The molecule has 4 aromatic rings. The maximum atomic E-state index is 5.51. The highest BCUT2D eigenvalue weighted by Gasteiger charge is 2.18. The van der Waals surface area contributed by atoms with Crippen molar-refractivity contribution >= 4 is 16.7 Å². The van der Waals surface area contributed by atoms with Crippen molar-refractivity contribution in [2.75, 3.05) is 19.0 Å². The number of aryl methyl sites for hydroxylation is 1. The molecule has 0 saturated heterocycles. The molecule has 6 nitrogen and oxygen atoms in total. The average molecular weight is 414 g/mol. The molecule has 6 heteroatoms. The van der Waals surface area contributed by atoms with E-state index in [1.54, 1.807) is 13.4 Å². The molecule has 0 aliphatic rings. The molecule has 1 aromatic carbocycles. The van der Waals surface area contributed by atoms with Crippen LogP contribution in [0.5, 0.6) is 5.75 Å². The van der Waals surface area contributed by atoms with Crippen LogP contribution in [0.3, 0.4) is 0 Å². The SMILES string of the molecule is COc1ccnc2c(C(C)C(C)CNc3cc(-c4ccc(C)nc4)ncn3)cccc12. The number of hydrogen-bond donors (Lipinski definition) is 1.